The molecule has 8 heteroatoms. The van der Waals surface area contributed by atoms with E-state index in [9.17, 15) is 24.9 Å². The Morgan fingerprint density at radius 3 is 1.82 bits per heavy atom. The number of phenolic OH excluding ortho intramolecular Hbond substituents is 2. The van der Waals surface area contributed by atoms with Crippen LogP contribution in [0, 0.1) is 27.7 Å². The summed E-state index contributed by atoms with van der Waals surface area (Å²) in [6.45, 7) is 7.15. The maximum atomic E-state index is 13.1. The largest absolute Gasteiger partial charge is 0.507 e. The van der Waals surface area contributed by atoms with Crippen molar-refractivity contribution in [2.24, 2.45) is 0 Å². The van der Waals surface area contributed by atoms with Gasteiger partial charge in [0, 0.05) is 14.5 Å². The van der Waals surface area contributed by atoms with E-state index in [0.29, 0.717) is 20.1 Å². The van der Waals surface area contributed by atoms with Crippen LogP contribution < -0.4 is 0 Å². The van der Waals surface area contributed by atoms with Gasteiger partial charge in [-0.1, -0.05) is 31.9 Å². The van der Waals surface area contributed by atoms with Gasteiger partial charge in [-0.15, -0.1) is 0 Å². The molecular weight excluding hydrogens is 556 g/mol. The van der Waals surface area contributed by atoms with Gasteiger partial charge in [-0.05, 0) is 80.3 Å². The predicted octanol–water partition coefficient (Wildman–Crippen LogP) is 6.02. The lowest BCUT2D eigenvalue weighted by Gasteiger charge is -2.35. The van der Waals surface area contributed by atoms with Gasteiger partial charge in [0.2, 0.25) is 0 Å². The Labute approximate surface area is 207 Å². The number of halogens is 2. The van der Waals surface area contributed by atoms with Crippen molar-refractivity contribution in [2.45, 2.75) is 33.3 Å². The molecule has 4 rings (SSSR count). The molecule has 1 aliphatic rings. The number of fused-ring (bicyclic) bond motifs is 1. The van der Waals surface area contributed by atoms with Gasteiger partial charge >= 0.3 is 11.9 Å². The Balaban J connectivity index is 2.27. The number of aromatic hydroxyl groups is 2. The number of ether oxygens (including phenoxy) is 1. The number of aryl methyl sites for hydroxylation is 2. The summed E-state index contributed by atoms with van der Waals surface area (Å²) in [7, 11) is 0. The monoisotopic (exact) mass is 574 g/mol. The average molecular weight is 576 g/mol. The Morgan fingerprint density at radius 1 is 0.879 bits per heavy atom. The van der Waals surface area contributed by atoms with E-state index in [1.165, 1.54) is 30.3 Å². The second-order valence-corrected chi connectivity index (χ2v) is 9.78. The summed E-state index contributed by atoms with van der Waals surface area (Å²) in [6.07, 6.45) is 0. The highest BCUT2D eigenvalue weighted by Crippen LogP contribution is 2.56. The number of rotatable bonds is 3. The van der Waals surface area contributed by atoms with Crippen molar-refractivity contribution in [1.82, 2.24) is 0 Å². The molecule has 0 saturated carbocycles. The van der Waals surface area contributed by atoms with Gasteiger partial charge in [-0.3, -0.25) is 0 Å². The first-order chi connectivity index (χ1) is 15.4. The van der Waals surface area contributed by atoms with Gasteiger partial charge in [-0.25, -0.2) is 9.59 Å². The normalized spacial score (nSPS) is 14.2. The van der Waals surface area contributed by atoms with Crippen LogP contribution >= 0.6 is 31.9 Å². The molecule has 0 saturated heterocycles. The van der Waals surface area contributed by atoms with Crippen molar-refractivity contribution >= 4 is 43.8 Å². The number of hydrogen-bond donors (Lipinski definition) is 3. The third-order valence-electron chi connectivity index (χ3n) is 6.14. The van der Waals surface area contributed by atoms with Crippen LogP contribution in [0.15, 0.2) is 39.3 Å². The average Bonchev–Trinajstić information content (AvgIpc) is 3.02. The van der Waals surface area contributed by atoms with Gasteiger partial charge in [0.1, 0.15) is 11.5 Å². The molecule has 1 aliphatic heterocycles. The molecule has 3 aromatic rings. The fourth-order valence-corrected chi connectivity index (χ4v) is 5.28. The fraction of sp³-hybridized carbons (Fsp3) is 0.200. The summed E-state index contributed by atoms with van der Waals surface area (Å²) in [5.74, 6) is -2.16. The lowest BCUT2D eigenvalue weighted by molar-refractivity contribution is 0.0236. The Kier molecular flexibility index (Phi) is 5.57. The highest BCUT2D eigenvalue weighted by atomic mass is 79.9. The first-order valence-corrected chi connectivity index (χ1v) is 11.6. The van der Waals surface area contributed by atoms with Crippen molar-refractivity contribution in [3.63, 3.8) is 0 Å². The van der Waals surface area contributed by atoms with Crippen LogP contribution in [0.5, 0.6) is 11.5 Å². The third kappa shape index (κ3) is 3.27. The second-order valence-electron chi connectivity index (χ2n) is 8.19. The minimum absolute atomic E-state index is 0.0527. The molecule has 0 amide bonds. The highest BCUT2D eigenvalue weighted by molar-refractivity contribution is 9.10. The number of hydrogen-bond acceptors (Lipinski definition) is 5. The molecule has 1 heterocycles. The number of cyclic esters (lactones) is 1. The predicted molar refractivity (Wildman–Crippen MR) is 129 cm³/mol. The SMILES string of the molecule is Cc1cc(O)c(C2(c3c(O)cc(C)c(Br)c3C)OC(=O)c3ccc(C(=O)O)cc32)c(C)c1Br. The number of carboxylic acids is 1. The second kappa shape index (κ2) is 7.88. The number of carbonyl (C=O) groups is 2. The van der Waals surface area contributed by atoms with Crippen molar-refractivity contribution < 1.29 is 29.6 Å². The number of esters is 1. The minimum atomic E-state index is -1.79. The zero-order valence-corrected chi connectivity index (χ0v) is 21.4. The topological polar surface area (TPSA) is 104 Å². The zero-order chi connectivity index (χ0) is 24.4. The Morgan fingerprint density at radius 2 is 1.36 bits per heavy atom. The van der Waals surface area contributed by atoms with Crippen LogP contribution in [-0.2, 0) is 10.3 Å². The number of phenols is 2. The molecule has 0 bridgehead atoms. The van der Waals surface area contributed by atoms with Crippen LogP contribution in [0.25, 0.3) is 0 Å². The number of aromatic carboxylic acids is 1. The molecule has 0 atom stereocenters. The van der Waals surface area contributed by atoms with Crippen molar-refractivity contribution in [1.29, 1.82) is 0 Å². The van der Waals surface area contributed by atoms with Crippen molar-refractivity contribution in [3.8, 4) is 11.5 Å². The number of benzene rings is 3. The molecule has 0 aliphatic carbocycles. The third-order valence-corrected chi connectivity index (χ3v) is 8.58. The summed E-state index contributed by atoms with van der Waals surface area (Å²) in [5, 5.41) is 31.9. The van der Waals surface area contributed by atoms with Crippen LogP contribution in [0.1, 0.15) is 59.7 Å². The minimum Gasteiger partial charge on any atom is -0.507 e. The highest BCUT2D eigenvalue weighted by Gasteiger charge is 2.53. The van der Waals surface area contributed by atoms with Crippen LogP contribution in [0.3, 0.4) is 0 Å². The lowest BCUT2D eigenvalue weighted by Crippen LogP contribution is -2.32. The quantitative estimate of drug-likeness (QED) is 0.330. The maximum absolute atomic E-state index is 13.1. The summed E-state index contributed by atoms with van der Waals surface area (Å²) < 4.78 is 7.43. The molecule has 170 valence electrons. The Bertz CT molecular complexity index is 1310. The van der Waals surface area contributed by atoms with Gasteiger partial charge in [-0.2, -0.15) is 0 Å². The first-order valence-electron chi connectivity index (χ1n) is 10.0. The molecule has 0 radical (unpaired) electrons. The van der Waals surface area contributed by atoms with Crippen molar-refractivity contribution in [2.75, 3.05) is 0 Å². The van der Waals surface area contributed by atoms with Crippen LogP contribution in [-0.4, -0.2) is 27.3 Å². The standard InChI is InChI=1S/C25H20Br2O6/c1-10-7-17(28)19(12(3)21(10)26)25(20-13(4)22(27)11(2)8-18(20)29)16-9-14(23(30)31)5-6-15(16)24(32)33-25/h5-9,28-29H,1-4H3,(H,30,31). The van der Waals surface area contributed by atoms with E-state index < -0.39 is 17.5 Å². The molecular formula is C25H20Br2O6. The summed E-state index contributed by atoms with van der Waals surface area (Å²) in [4.78, 5) is 24.9. The summed E-state index contributed by atoms with van der Waals surface area (Å²) in [5.41, 5.74) is 1.73. The number of carbonyl (C=O) groups excluding carboxylic acids is 1. The molecule has 33 heavy (non-hydrogen) atoms. The molecule has 0 spiro atoms. The van der Waals surface area contributed by atoms with E-state index in [4.69, 9.17) is 4.74 Å². The zero-order valence-electron chi connectivity index (χ0n) is 18.2. The molecule has 0 unspecified atom stereocenters. The summed E-state index contributed by atoms with van der Waals surface area (Å²) >= 11 is 7.09. The smallest absolute Gasteiger partial charge is 0.340 e. The van der Waals surface area contributed by atoms with E-state index in [0.717, 1.165) is 11.1 Å². The van der Waals surface area contributed by atoms with Gasteiger partial charge in [0.05, 0.1) is 22.3 Å². The molecule has 0 fully saturated rings. The maximum Gasteiger partial charge on any atom is 0.340 e. The van der Waals surface area contributed by atoms with Gasteiger partial charge in [0.25, 0.3) is 0 Å². The van der Waals surface area contributed by atoms with E-state index >= 15 is 0 Å². The molecule has 3 N–H and O–H groups in total. The Hall–Kier alpha value is -2.84. The fourth-order valence-electron chi connectivity index (χ4n) is 4.66. The lowest BCUT2D eigenvalue weighted by atomic mass is 9.74. The van der Waals surface area contributed by atoms with Crippen molar-refractivity contribution in [3.05, 3.63) is 89.3 Å². The van der Waals surface area contributed by atoms with E-state index in [1.54, 1.807) is 13.8 Å². The van der Waals surface area contributed by atoms with Gasteiger partial charge in [0.15, 0.2) is 5.60 Å². The summed E-state index contributed by atoms with van der Waals surface area (Å²) in [6, 6.07) is 7.16. The molecule has 3 aromatic carbocycles. The van der Waals surface area contributed by atoms with Gasteiger partial charge < -0.3 is 20.1 Å². The van der Waals surface area contributed by atoms with E-state index in [1.807, 2.05) is 13.8 Å². The van der Waals surface area contributed by atoms with Crippen LogP contribution in [0.2, 0.25) is 0 Å². The molecule has 6 nitrogen and oxygen atoms in total. The first kappa shape index (κ1) is 23.3. The molecule has 0 aromatic heterocycles. The van der Waals surface area contributed by atoms with E-state index in [-0.39, 0.29) is 39.3 Å². The van der Waals surface area contributed by atoms with Crippen LogP contribution in [0.4, 0.5) is 0 Å². The number of carboxylic acid groups (broad SMARTS) is 1. The van der Waals surface area contributed by atoms with E-state index in [2.05, 4.69) is 31.9 Å².